The van der Waals surface area contributed by atoms with Gasteiger partial charge in [-0.05, 0) is 40.0 Å². The molecular weight excluding hydrogens is 376 g/mol. The molecule has 3 rings (SSSR count). The van der Waals surface area contributed by atoms with E-state index in [1.807, 2.05) is 13.8 Å². The molecule has 1 spiro atoms. The van der Waals surface area contributed by atoms with Crippen LogP contribution in [0.5, 0.6) is 0 Å². The molecule has 7 atom stereocenters. The Kier molecular flexibility index (Phi) is 6.60. The number of methoxy groups -OCH3 is 1. The van der Waals surface area contributed by atoms with Crippen LogP contribution < -0.4 is 11.2 Å². The predicted molar refractivity (Wildman–Crippen MR) is 107 cm³/mol. The second-order valence-electron chi connectivity index (χ2n) is 9.27. The van der Waals surface area contributed by atoms with Crippen molar-refractivity contribution >= 4 is 6.09 Å². The summed E-state index contributed by atoms with van der Waals surface area (Å²) in [6, 6.07) is 0. The van der Waals surface area contributed by atoms with Crippen LogP contribution in [0, 0.1) is 11.8 Å². The molecule has 0 unspecified atom stereocenters. The Morgan fingerprint density at radius 3 is 2.59 bits per heavy atom. The number of hydrogen-bond donors (Lipinski definition) is 2. The summed E-state index contributed by atoms with van der Waals surface area (Å²) < 4.78 is 23.7. The molecule has 2 heterocycles. The molecule has 1 amide bonds. The van der Waals surface area contributed by atoms with Gasteiger partial charge in [-0.15, -0.1) is 0 Å². The number of amides is 1. The van der Waals surface area contributed by atoms with Gasteiger partial charge >= 0.3 is 6.09 Å². The van der Waals surface area contributed by atoms with Gasteiger partial charge in [-0.1, -0.05) is 25.5 Å². The highest BCUT2D eigenvalue weighted by Gasteiger charge is 2.72. The van der Waals surface area contributed by atoms with E-state index in [0.717, 1.165) is 12.8 Å². The van der Waals surface area contributed by atoms with Crippen LogP contribution >= 0.6 is 0 Å². The van der Waals surface area contributed by atoms with E-state index in [1.54, 1.807) is 7.11 Å². The SMILES string of the molecule is CO[C@@H]1[C@H](OC(=O)N[C@@H](ON)C(C)C)CC[C@]2(CO2)[C@H]1[C@@]1(C)O[C@@H]1CC=C(C)C. The molecule has 0 aromatic rings. The van der Waals surface area contributed by atoms with Gasteiger partial charge in [0.25, 0.3) is 0 Å². The first-order valence-electron chi connectivity index (χ1n) is 10.5. The largest absolute Gasteiger partial charge is 0.443 e. The van der Waals surface area contributed by atoms with Gasteiger partial charge in [0.05, 0.1) is 18.6 Å². The molecule has 166 valence electrons. The number of rotatable bonds is 8. The minimum absolute atomic E-state index is 0.00577. The van der Waals surface area contributed by atoms with E-state index in [4.69, 9.17) is 29.7 Å². The summed E-state index contributed by atoms with van der Waals surface area (Å²) >= 11 is 0. The standard InChI is InChI=1S/C21H36N2O6/c1-12(2)7-8-15-20(5,28-15)17-16(25-6)14(9-10-21(17)11-26-21)27-19(24)23-18(29-22)13(3)4/h7,13-18H,8-11,22H2,1-6H3,(H,23,24)/t14-,15-,16-,17-,18+,20+,21+/m1/s1. The van der Waals surface area contributed by atoms with Crippen LogP contribution in [0.3, 0.4) is 0 Å². The van der Waals surface area contributed by atoms with Crippen molar-refractivity contribution in [2.24, 2.45) is 17.7 Å². The fourth-order valence-corrected chi connectivity index (χ4v) is 4.72. The van der Waals surface area contributed by atoms with Crippen molar-refractivity contribution in [1.82, 2.24) is 5.32 Å². The van der Waals surface area contributed by atoms with Crippen LogP contribution in [0.15, 0.2) is 11.6 Å². The lowest BCUT2D eigenvalue weighted by molar-refractivity contribution is -0.120. The quantitative estimate of drug-likeness (QED) is 0.273. The molecule has 3 fully saturated rings. The van der Waals surface area contributed by atoms with Crippen molar-refractivity contribution in [3.8, 4) is 0 Å². The van der Waals surface area contributed by atoms with Gasteiger partial charge < -0.3 is 18.9 Å². The highest BCUT2D eigenvalue weighted by Crippen LogP contribution is 2.59. The number of carbonyl (C=O) groups excluding carboxylic acids is 1. The van der Waals surface area contributed by atoms with Crippen molar-refractivity contribution in [2.45, 2.75) is 89.6 Å². The summed E-state index contributed by atoms with van der Waals surface area (Å²) in [5, 5.41) is 2.67. The summed E-state index contributed by atoms with van der Waals surface area (Å²) in [4.78, 5) is 17.3. The minimum atomic E-state index is -0.612. The van der Waals surface area contributed by atoms with Gasteiger partial charge in [-0.2, -0.15) is 0 Å². The van der Waals surface area contributed by atoms with Crippen LogP contribution in [-0.2, 0) is 23.8 Å². The van der Waals surface area contributed by atoms with E-state index in [0.29, 0.717) is 13.0 Å². The van der Waals surface area contributed by atoms with E-state index in [9.17, 15) is 4.79 Å². The molecule has 1 aliphatic carbocycles. The third-order valence-electron chi connectivity index (χ3n) is 6.51. The van der Waals surface area contributed by atoms with E-state index >= 15 is 0 Å². The summed E-state index contributed by atoms with van der Waals surface area (Å²) in [5.41, 5.74) is 0.668. The van der Waals surface area contributed by atoms with Crippen LogP contribution in [-0.4, -0.2) is 55.6 Å². The summed E-state index contributed by atoms with van der Waals surface area (Å²) in [6.45, 7) is 10.8. The Balaban J connectivity index is 1.70. The molecule has 8 nitrogen and oxygen atoms in total. The van der Waals surface area contributed by atoms with E-state index in [-0.39, 0.29) is 35.2 Å². The van der Waals surface area contributed by atoms with Crippen LogP contribution in [0.4, 0.5) is 4.79 Å². The lowest BCUT2D eigenvalue weighted by Crippen LogP contribution is -2.56. The fourth-order valence-electron chi connectivity index (χ4n) is 4.72. The molecule has 3 N–H and O–H groups in total. The van der Waals surface area contributed by atoms with Gasteiger partial charge in [0.2, 0.25) is 0 Å². The molecular formula is C21H36N2O6. The van der Waals surface area contributed by atoms with Crippen molar-refractivity contribution < 1.29 is 28.6 Å². The lowest BCUT2D eigenvalue weighted by Gasteiger charge is -2.42. The first-order chi connectivity index (χ1) is 13.7. The average molecular weight is 413 g/mol. The number of hydrogen-bond acceptors (Lipinski definition) is 7. The Morgan fingerprint density at radius 1 is 1.38 bits per heavy atom. The molecule has 0 aromatic carbocycles. The number of allylic oxidation sites excluding steroid dienone is 1. The normalized spacial score (nSPS) is 39.2. The van der Waals surface area contributed by atoms with Crippen LogP contribution in [0.25, 0.3) is 0 Å². The van der Waals surface area contributed by atoms with Gasteiger partial charge in [-0.25, -0.2) is 10.7 Å². The number of carbonyl (C=O) groups is 1. The summed E-state index contributed by atoms with van der Waals surface area (Å²) in [7, 11) is 1.66. The van der Waals surface area contributed by atoms with Crippen molar-refractivity contribution in [3.05, 3.63) is 11.6 Å². The number of nitrogens with one attached hydrogen (secondary N) is 1. The Hall–Kier alpha value is -1.19. The van der Waals surface area contributed by atoms with Gasteiger partial charge in [-0.3, -0.25) is 10.2 Å². The highest BCUT2D eigenvalue weighted by atomic mass is 16.6. The van der Waals surface area contributed by atoms with Crippen LogP contribution in [0.1, 0.15) is 53.9 Å². The molecule has 2 saturated heterocycles. The zero-order valence-electron chi connectivity index (χ0n) is 18.4. The lowest BCUT2D eigenvalue weighted by atomic mass is 9.68. The Morgan fingerprint density at radius 2 is 2.07 bits per heavy atom. The summed E-state index contributed by atoms with van der Waals surface area (Å²) in [6.07, 6.45) is 2.78. The third kappa shape index (κ3) is 4.61. The topological polar surface area (TPSA) is 108 Å². The Labute approximate surface area is 173 Å². The van der Waals surface area contributed by atoms with Gasteiger partial charge in [0.15, 0.2) is 6.23 Å². The fraction of sp³-hybridized carbons (Fsp3) is 0.857. The van der Waals surface area contributed by atoms with Crippen molar-refractivity contribution in [1.29, 1.82) is 0 Å². The van der Waals surface area contributed by atoms with Crippen molar-refractivity contribution in [2.75, 3.05) is 13.7 Å². The second-order valence-corrected chi connectivity index (χ2v) is 9.27. The smallest absolute Gasteiger partial charge is 0.409 e. The maximum absolute atomic E-state index is 12.4. The number of nitrogens with two attached hydrogens (primary N) is 1. The Bertz CT molecular complexity index is 631. The molecule has 0 aromatic heterocycles. The summed E-state index contributed by atoms with van der Waals surface area (Å²) in [5.74, 6) is 5.28. The molecule has 3 aliphatic rings. The molecule has 8 heteroatoms. The minimum Gasteiger partial charge on any atom is -0.443 e. The number of epoxide rings is 2. The maximum atomic E-state index is 12.4. The number of ether oxygens (including phenoxy) is 4. The highest BCUT2D eigenvalue weighted by molar-refractivity contribution is 5.67. The monoisotopic (exact) mass is 412 g/mol. The van der Waals surface area contributed by atoms with Crippen molar-refractivity contribution in [3.63, 3.8) is 0 Å². The second kappa shape index (κ2) is 8.51. The van der Waals surface area contributed by atoms with E-state index in [2.05, 4.69) is 32.2 Å². The molecule has 1 saturated carbocycles. The zero-order valence-corrected chi connectivity index (χ0v) is 18.4. The average Bonchev–Trinajstić information content (AvgIpc) is 3.57. The predicted octanol–water partition coefficient (Wildman–Crippen LogP) is 2.66. The molecule has 2 aliphatic heterocycles. The molecule has 0 bridgehead atoms. The molecule has 29 heavy (non-hydrogen) atoms. The number of alkyl carbamates (subject to hydrolysis) is 1. The van der Waals surface area contributed by atoms with E-state index < -0.39 is 18.4 Å². The van der Waals surface area contributed by atoms with E-state index in [1.165, 1.54) is 5.57 Å². The van der Waals surface area contributed by atoms with Crippen LogP contribution in [0.2, 0.25) is 0 Å². The van der Waals surface area contributed by atoms with Gasteiger partial charge in [0.1, 0.15) is 23.4 Å². The first-order valence-corrected chi connectivity index (χ1v) is 10.5. The first kappa shape index (κ1) is 22.5. The van der Waals surface area contributed by atoms with Gasteiger partial charge in [0, 0.05) is 13.0 Å². The zero-order chi connectivity index (χ0) is 21.4. The maximum Gasteiger partial charge on any atom is 0.409 e. The molecule has 0 radical (unpaired) electrons. The third-order valence-corrected chi connectivity index (χ3v) is 6.51.